The minimum atomic E-state index is 0.965. The van der Waals surface area contributed by atoms with Gasteiger partial charge in [0.2, 0.25) is 0 Å². The molecular weight excluding hydrogens is 308 g/mol. The van der Waals surface area contributed by atoms with E-state index < -0.39 is 0 Å². The molecule has 126 valence electrons. The number of hydrogen-bond acceptors (Lipinski definition) is 2. The van der Waals surface area contributed by atoms with Gasteiger partial charge in [0.05, 0.1) is 11.4 Å². The summed E-state index contributed by atoms with van der Waals surface area (Å²) in [5.74, 6) is 0. The molecule has 0 radical (unpaired) electrons. The SMILES string of the molecule is Cc1[nH]c2ccc(-c3cc(-c4ccc(N(C)C)cc4)[nH]n3)cc2c1C. The highest BCUT2D eigenvalue weighted by atomic mass is 15.1. The number of rotatable bonds is 3. The first kappa shape index (κ1) is 15.5. The summed E-state index contributed by atoms with van der Waals surface area (Å²) < 4.78 is 0. The Morgan fingerprint density at radius 1 is 0.880 bits per heavy atom. The number of anilines is 1. The summed E-state index contributed by atoms with van der Waals surface area (Å²) in [5.41, 5.74) is 9.14. The molecule has 2 N–H and O–H groups in total. The molecule has 0 spiro atoms. The average Bonchev–Trinajstić information content (AvgIpc) is 3.21. The number of nitrogens with zero attached hydrogens (tertiary/aromatic N) is 2. The van der Waals surface area contributed by atoms with Crippen molar-refractivity contribution in [3.63, 3.8) is 0 Å². The predicted octanol–water partition coefficient (Wildman–Crippen LogP) is 4.91. The monoisotopic (exact) mass is 330 g/mol. The Morgan fingerprint density at radius 2 is 1.60 bits per heavy atom. The summed E-state index contributed by atoms with van der Waals surface area (Å²) in [6.45, 7) is 4.26. The van der Waals surface area contributed by atoms with Gasteiger partial charge in [0.15, 0.2) is 0 Å². The largest absolute Gasteiger partial charge is 0.378 e. The molecule has 4 nitrogen and oxygen atoms in total. The number of aromatic amines is 2. The maximum Gasteiger partial charge on any atom is 0.0927 e. The van der Waals surface area contributed by atoms with Crippen molar-refractivity contribution in [2.75, 3.05) is 19.0 Å². The van der Waals surface area contributed by atoms with E-state index in [0.717, 1.165) is 22.5 Å². The number of hydrogen-bond donors (Lipinski definition) is 2. The van der Waals surface area contributed by atoms with Crippen LogP contribution in [0.15, 0.2) is 48.5 Å². The standard InChI is InChI=1S/C21H22N4/c1-13-14(2)22-19-10-7-16(11-18(13)19)21-12-20(23-24-21)15-5-8-17(9-6-15)25(3)4/h5-12,22H,1-4H3,(H,23,24). The van der Waals surface area contributed by atoms with Crippen LogP contribution in [0.3, 0.4) is 0 Å². The molecule has 0 aliphatic carbocycles. The van der Waals surface area contributed by atoms with Crippen molar-refractivity contribution in [2.24, 2.45) is 0 Å². The molecule has 0 atom stereocenters. The van der Waals surface area contributed by atoms with Crippen molar-refractivity contribution in [1.82, 2.24) is 15.2 Å². The zero-order valence-electron chi connectivity index (χ0n) is 15.0. The van der Waals surface area contributed by atoms with Crippen molar-refractivity contribution >= 4 is 16.6 Å². The topological polar surface area (TPSA) is 47.7 Å². The first-order valence-electron chi connectivity index (χ1n) is 8.45. The number of nitrogens with one attached hydrogen (secondary N) is 2. The molecule has 2 aromatic carbocycles. The zero-order valence-corrected chi connectivity index (χ0v) is 15.0. The van der Waals surface area contributed by atoms with Crippen molar-refractivity contribution in [2.45, 2.75) is 13.8 Å². The molecule has 0 aliphatic rings. The van der Waals surface area contributed by atoms with E-state index in [4.69, 9.17) is 0 Å². The van der Waals surface area contributed by atoms with Gasteiger partial charge in [-0.1, -0.05) is 18.2 Å². The van der Waals surface area contributed by atoms with Gasteiger partial charge >= 0.3 is 0 Å². The van der Waals surface area contributed by atoms with E-state index in [1.165, 1.54) is 27.8 Å². The van der Waals surface area contributed by atoms with Crippen LogP contribution in [-0.4, -0.2) is 29.3 Å². The lowest BCUT2D eigenvalue weighted by Crippen LogP contribution is -2.07. The predicted molar refractivity (Wildman–Crippen MR) is 105 cm³/mol. The molecule has 0 unspecified atom stereocenters. The summed E-state index contributed by atoms with van der Waals surface area (Å²) in [6, 6.07) is 17.0. The number of benzene rings is 2. The average molecular weight is 330 g/mol. The highest BCUT2D eigenvalue weighted by Gasteiger charge is 2.09. The van der Waals surface area contributed by atoms with Gasteiger partial charge in [-0.05, 0) is 55.3 Å². The van der Waals surface area contributed by atoms with Crippen LogP contribution in [0, 0.1) is 13.8 Å². The highest BCUT2D eigenvalue weighted by molar-refractivity contribution is 5.88. The van der Waals surface area contributed by atoms with E-state index >= 15 is 0 Å². The van der Waals surface area contributed by atoms with Crippen molar-refractivity contribution in [1.29, 1.82) is 0 Å². The van der Waals surface area contributed by atoms with Crippen LogP contribution >= 0.6 is 0 Å². The quantitative estimate of drug-likeness (QED) is 0.561. The smallest absolute Gasteiger partial charge is 0.0927 e. The van der Waals surface area contributed by atoms with E-state index in [-0.39, 0.29) is 0 Å². The maximum absolute atomic E-state index is 4.52. The number of H-pyrrole nitrogens is 2. The van der Waals surface area contributed by atoms with Crippen LogP contribution in [0.1, 0.15) is 11.3 Å². The molecule has 4 aromatic rings. The molecule has 4 rings (SSSR count). The molecule has 0 amide bonds. The van der Waals surface area contributed by atoms with Crippen LogP contribution in [0.4, 0.5) is 5.69 Å². The first-order valence-corrected chi connectivity index (χ1v) is 8.45. The normalized spacial score (nSPS) is 11.2. The molecule has 4 heteroatoms. The third-order valence-electron chi connectivity index (χ3n) is 4.88. The second-order valence-electron chi connectivity index (χ2n) is 6.74. The minimum absolute atomic E-state index is 0.965. The molecule has 0 saturated carbocycles. The van der Waals surface area contributed by atoms with Gasteiger partial charge in [0.1, 0.15) is 0 Å². The second-order valence-corrected chi connectivity index (χ2v) is 6.74. The van der Waals surface area contributed by atoms with Crippen LogP contribution in [0.2, 0.25) is 0 Å². The second kappa shape index (κ2) is 5.81. The van der Waals surface area contributed by atoms with Crippen LogP contribution in [-0.2, 0) is 0 Å². The lowest BCUT2D eigenvalue weighted by atomic mass is 10.1. The lowest BCUT2D eigenvalue weighted by Gasteiger charge is -2.12. The Morgan fingerprint density at radius 3 is 2.32 bits per heavy atom. The number of aromatic nitrogens is 3. The Bertz CT molecular complexity index is 1040. The lowest BCUT2D eigenvalue weighted by molar-refractivity contribution is 1.10. The fourth-order valence-electron chi connectivity index (χ4n) is 3.18. The summed E-state index contributed by atoms with van der Waals surface area (Å²) in [6.07, 6.45) is 0. The molecule has 0 bridgehead atoms. The Hall–Kier alpha value is -3.01. The van der Waals surface area contributed by atoms with E-state index in [1.807, 2.05) is 14.1 Å². The van der Waals surface area contributed by atoms with Crippen molar-refractivity contribution < 1.29 is 0 Å². The molecule has 2 aromatic heterocycles. The number of fused-ring (bicyclic) bond motifs is 1. The van der Waals surface area contributed by atoms with Crippen molar-refractivity contribution in [3.05, 3.63) is 59.8 Å². The fraction of sp³-hybridized carbons (Fsp3) is 0.190. The third kappa shape index (κ3) is 2.70. The minimum Gasteiger partial charge on any atom is -0.378 e. The van der Waals surface area contributed by atoms with Gasteiger partial charge in [0.25, 0.3) is 0 Å². The molecule has 2 heterocycles. The molecular formula is C21H22N4. The van der Waals surface area contributed by atoms with E-state index in [9.17, 15) is 0 Å². The molecule has 0 aliphatic heterocycles. The van der Waals surface area contributed by atoms with Gasteiger partial charge in [-0.15, -0.1) is 0 Å². The Labute approximate surface area is 147 Å². The fourth-order valence-corrected chi connectivity index (χ4v) is 3.18. The van der Waals surface area contributed by atoms with Crippen LogP contribution in [0.25, 0.3) is 33.4 Å². The first-order chi connectivity index (χ1) is 12.0. The van der Waals surface area contributed by atoms with Crippen molar-refractivity contribution in [3.8, 4) is 22.5 Å². The molecule has 0 saturated heterocycles. The third-order valence-corrected chi connectivity index (χ3v) is 4.88. The van der Waals surface area contributed by atoms with Gasteiger partial charge in [0, 0.05) is 41.9 Å². The summed E-state index contributed by atoms with van der Waals surface area (Å²) in [4.78, 5) is 5.51. The maximum atomic E-state index is 4.52. The highest BCUT2D eigenvalue weighted by Crippen LogP contribution is 2.29. The number of aryl methyl sites for hydroxylation is 2. The van der Waals surface area contributed by atoms with Gasteiger partial charge in [-0.25, -0.2) is 0 Å². The van der Waals surface area contributed by atoms with Crippen LogP contribution in [0.5, 0.6) is 0 Å². The van der Waals surface area contributed by atoms with Crippen LogP contribution < -0.4 is 4.90 Å². The van der Waals surface area contributed by atoms with Gasteiger partial charge in [-0.3, -0.25) is 5.10 Å². The van der Waals surface area contributed by atoms with Gasteiger partial charge in [-0.2, -0.15) is 5.10 Å². The Kier molecular flexibility index (Phi) is 3.61. The zero-order chi connectivity index (χ0) is 17.6. The summed E-state index contributed by atoms with van der Waals surface area (Å²) >= 11 is 0. The molecule has 25 heavy (non-hydrogen) atoms. The van der Waals surface area contributed by atoms with E-state index in [1.54, 1.807) is 0 Å². The molecule has 0 fully saturated rings. The Balaban J connectivity index is 1.70. The van der Waals surface area contributed by atoms with E-state index in [2.05, 4.69) is 82.5 Å². The van der Waals surface area contributed by atoms with E-state index in [0.29, 0.717) is 0 Å². The van der Waals surface area contributed by atoms with Gasteiger partial charge < -0.3 is 9.88 Å². The summed E-state index contributed by atoms with van der Waals surface area (Å²) in [7, 11) is 4.09. The summed E-state index contributed by atoms with van der Waals surface area (Å²) in [5, 5.41) is 8.94.